The van der Waals surface area contributed by atoms with Crippen LogP contribution in [0.4, 0.5) is 10.1 Å². The second-order valence-corrected chi connectivity index (χ2v) is 10.8. The number of amides is 1. The number of halogens is 2. The van der Waals surface area contributed by atoms with Crippen LogP contribution in [0.5, 0.6) is 0 Å². The van der Waals surface area contributed by atoms with Gasteiger partial charge in [-0.25, -0.2) is 22.2 Å². The number of rotatable bonds is 5. The summed E-state index contributed by atoms with van der Waals surface area (Å²) in [6.07, 6.45) is 2.75. The maximum Gasteiger partial charge on any atom is 0.232 e. The highest BCUT2D eigenvalue weighted by molar-refractivity contribution is 7.88. The molecular formula is C25H22ClFN4O3S. The van der Waals surface area contributed by atoms with Crippen molar-refractivity contribution >= 4 is 44.1 Å². The van der Waals surface area contributed by atoms with Crippen molar-refractivity contribution < 1.29 is 17.6 Å². The topological polar surface area (TPSA) is 84.3 Å². The number of anilines is 1. The first kappa shape index (κ1) is 23.5. The van der Waals surface area contributed by atoms with E-state index in [9.17, 15) is 17.6 Å². The zero-order chi connectivity index (χ0) is 24.9. The summed E-state index contributed by atoms with van der Waals surface area (Å²) in [5.74, 6) is -1.18. The van der Waals surface area contributed by atoms with Gasteiger partial charge >= 0.3 is 0 Å². The van der Waals surface area contributed by atoms with Gasteiger partial charge < -0.3 is 4.90 Å². The minimum absolute atomic E-state index is 0.221. The molecule has 4 aromatic rings. The standard InChI is InChI=1S/C25H22ClFN4O3S/c1-15-23(29-35(2,33)34)24(20-5-3-4-6-21(20)26)30(25(15)32)19-11-12-22-16(13-19)14-28-31(22)18-9-7-17(27)8-10-18/h3-15,23-24,29H,1-2H3. The summed E-state index contributed by atoms with van der Waals surface area (Å²) >= 11 is 6.51. The maximum atomic E-state index is 13.5. The molecular weight excluding hydrogens is 491 g/mol. The van der Waals surface area contributed by atoms with Gasteiger partial charge in [-0.2, -0.15) is 5.10 Å². The van der Waals surface area contributed by atoms with E-state index in [1.807, 2.05) is 12.1 Å². The smallest absolute Gasteiger partial charge is 0.232 e. The molecule has 3 unspecified atom stereocenters. The van der Waals surface area contributed by atoms with E-state index in [1.165, 1.54) is 12.1 Å². The number of carbonyl (C=O) groups is 1. The third-order valence-corrected chi connectivity index (χ3v) is 7.30. The first-order chi connectivity index (χ1) is 16.6. The predicted molar refractivity (Wildman–Crippen MR) is 134 cm³/mol. The van der Waals surface area contributed by atoms with Crippen molar-refractivity contribution in [1.82, 2.24) is 14.5 Å². The number of sulfonamides is 1. The lowest BCUT2D eigenvalue weighted by Gasteiger charge is -2.29. The summed E-state index contributed by atoms with van der Waals surface area (Å²) in [6.45, 7) is 1.71. The van der Waals surface area contributed by atoms with Crippen molar-refractivity contribution in [2.24, 2.45) is 5.92 Å². The second-order valence-electron chi connectivity index (χ2n) is 8.65. The Morgan fingerprint density at radius 3 is 2.40 bits per heavy atom. The minimum Gasteiger partial charge on any atom is -0.303 e. The quantitative estimate of drug-likeness (QED) is 0.428. The second kappa shape index (κ2) is 8.75. The van der Waals surface area contributed by atoms with E-state index in [1.54, 1.807) is 65.2 Å². The number of nitrogens with zero attached hydrogens (tertiary/aromatic N) is 3. The molecule has 35 heavy (non-hydrogen) atoms. The van der Waals surface area contributed by atoms with E-state index in [0.29, 0.717) is 22.0 Å². The van der Waals surface area contributed by atoms with Crippen LogP contribution in [0.1, 0.15) is 18.5 Å². The van der Waals surface area contributed by atoms with Crippen LogP contribution in [0.2, 0.25) is 5.02 Å². The Hall–Kier alpha value is -3.27. The molecule has 1 aliphatic rings. The predicted octanol–water partition coefficient (Wildman–Crippen LogP) is 4.46. The lowest BCUT2D eigenvalue weighted by Crippen LogP contribution is -2.41. The fraction of sp³-hybridized carbons (Fsp3) is 0.200. The van der Waals surface area contributed by atoms with Crippen LogP contribution in [-0.2, 0) is 14.8 Å². The lowest BCUT2D eigenvalue weighted by molar-refractivity contribution is -0.120. The zero-order valence-corrected chi connectivity index (χ0v) is 20.5. The Morgan fingerprint density at radius 2 is 1.71 bits per heavy atom. The van der Waals surface area contributed by atoms with Gasteiger partial charge in [-0.1, -0.05) is 36.7 Å². The molecule has 0 radical (unpaired) electrons. The summed E-state index contributed by atoms with van der Waals surface area (Å²) in [4.78, 5) is 15.1. The summed E-state index contributed by atoms with van der Waals surface area (Å²) in [7, 11) is -3.60. The molecule has 1 aromatic heterocycles. The van der Waals surface area contributed by atoms with E-state index in [4.69, 9.17) is 11.6 Å². The number of benzene rings is 3. The first-order valence-electron chi connectivity index (χ1n) is 10.9. The van der Waals surface area contributed by atoms with Crippen molar-refractivity contribution in [1.29, 1.82) is 0 Å². The Bertz CT molecular complexity index is 1540. The van der Waals surface area contributed by atoms with Crippen LogP contribution in [0.3, 0.4) is 0 Å². The van der Waals surface area contributed by atoms with E-state index >= 15 is 0 Å². The fourth-order valence-corrected chi connectivity index (χ4v) is 5.73. The largest absolute Gasteiger partial charge is 0.303 e. The molecule has 1 aliphatic heterocycles. The molecule has 2 heterocycles. The Labute approximate surface area is 207 Å². The molecule has 0 saturated carbocycles. The number of aromatic nitrogens is 2. The number of carbonyl (C=O) groups excluding carboxylic acids is 1. The Balaban J connectivity index is 1.62. The van der Waals surface area contributed by atoms with Crippen LogP contribution in [0.25, 0.3) is 16.6 Å². The van der Waals surface area contributed by atoms with Crippen LogP contribution < -0.4 is 9.62 Å². The van der Waals surface area contributed by atoms with E-state index in [-0.39, 0.29) is 11.7 Å². The van der Waals surface area contributed by atoms with Gasteiger partial charge in [0.05, 0.1) is 41.7 Å². The van der Waals surface area contributed by atoms with Gasteiger partial charge in [0, 0.05) is 16.1 Å². The molecule has 180 valence electrons. The molecule has 1 amide bonds. The van der Waals surface area contributed by atoms with Crippen LogP contribution >= 0.6 is 11.6 Å². The number of nitrogens with one attached hydrogen (secondary N) is 1. The van der Waals surface area contributed by atoms with Gasteiger partial charge in [0.25, 0.3) is 0 Å². The van der Waals surface area contributed by atoms with Crippen molar-refractivity contribution in [3.8, 4) is 5.69 Å². The van der Waals surface area contributed by atoms with Crippen molar-refractivity contribution in [3.63, 3.8) is 0 Å². The molecule has 1 N–H and O–H groups in total. The normalized spacial score (nSPS) is 20.6. The molecule has 1 saturated heterocycles. The SMILES string of the molecule is CC1C(=O)N(c2ccc3c(cnn3-c3ccc(F)cc3)c2)C(c2ccccc2Cl)C1NS(C)(=O)=O. The third-order valence-electron chi connectivity index (χ3n) is 6.26. The highest BCUT2D eigenvalue weighted by atomic mass is 35.5. The highest BCUT2D eigenvalue weighted by Crippen LogP contribution is 2.43. The lowest BCUT2D eigenvalue weighted by atomic mass is 9.95. The van der Waals surface area contributed by atoms with Crippen molar-refractivity contribution in [2.75, 3.05) is 11.2 Å². The molecule has 3 atom stereocenters. The minimum atomic E-state index is -3.60. The van der Waals surface area contributed by atoms with E-state index in [0.717, 1.165) is 17.2 Å². The van der Waals surface area contributed by atoms with E-state index < -0.39 is 28.0 Å². The summed E-state index contributed by atoms with van der Waals surface area (Å²) in [5.41, 5.74) is 2.72. The van der Waals surface area contributed by atoms with Crippen LogP contribution in [-0.4, -0.2) is 36.4 Å². The molecule has 5 rings (SSSR count). The number of fused-ring (bicyclic) bond motifs is 1. The number of hydrogen-bond donors (Lipinski definition) is 1. The average Bonchev–Trinajstić information content (AvgIpc) is 3.33. The summed E-state index contributed by atoms with van der Waals surface area (Å²) in [6, 6.07) is 17.2. The van der Waals surface area contributed by atoms with Crippen LogP contribution in [0.15, 0.2) is 72.9 Å². The van der Waals surface area contributed by atoms with Gasteiger partial charge in [0.1, 0.15) is 5.82 Å². The molecule has 1 fully saturated rings. The first-order valence-corrected chi connectivity index (χ1v) is 13.2. The van der Waals surface area contributed by atoms with E-state index in [2.05, 4.69) is 9.82 Å². The summed E-state index contributed by atoms with van der Waals surface area (Å²) in [5, 5.41) is 5.64. The highest BCUT2D eigenvalue weighted by Gasteiger charge is 2.48. The Kier molecular flexibility index (Phi) is 5.86. The Morgan fingerprint density at radius 1 is 1.03 bits per heavy atom. The average molecular weight is 513 g/mol. The molecule has 0 spiro atoms. The molecule has 7 nitrogen and oxygen atoms in total. The monoisotopic (exact) mass is 512 g/mol. The maximum absolute atomic E-state index is 13.5. The van der Waals surface area contributed by atoms with Gasteiger partial charge in [0.15, 0.2) is 0 Å². The van der Waals surface area contributed by atoms with Gasteiger partial charge in [-0.3, -0.25) is 4.79 Å². The summed E-state index contributed by atoms with van der Waals surface area (Å²) < 4.78 is 42.0. The fourth-order valence-electron chi connectivity index (χ4n) is 4.65. The molecule has 10 heteroatoms. The molecule has 0 aliphatic carbocycles. The van der Waals surface area contributed by atoms with Gasteiger partial charge in [-0.15, -0.1) is 0 Å². The van der Waals surface area contributed by atoms with Crippen LogP contribution in [0, 0.1) is 11.7 Å². The molecule has 3 aromatic carbocycles. The van der Waals surface area contributed by atoms with Gasteiger partial charge in [-0.05, 0) is 54.1 Å². The van der Waals surface area contributed by atoms with Crippen molar-refractivity contribution in [3.05, 3.63) is 89.3 Å². The zero-order valence-electron chi connectivity index (χ0n) is 18.9. The van der Waals surface area contributed by atoms with Gasteiger partial charge in [0.2, 0.25) is 15.9 Å². The van der Waals surface area contributed by atoms with Crippen molar-refractivity contribution in [2.45, 2.75) is 19.0 Å². The number of hydrogen-bond acceptors (Lipinski definition) is 4. The third kappa shape index (κ3) is 4.31. The molecule has 0 bridgehead atoms.